The molecule has 19 heavy (non-hydrogen) atoms. The summed E-state index contributed by atoms with van der Waals surface area (Å²) in [6.45, 7) is 6.85. The zero-order chi connectivity index (χ0) is 14.3. The number of hydrogen-bond donors (Lipinski definition) is 2. The van der Waals surface area contributed by atoms with Gasteiger partial charge in [-0.2, -0.15) is 0 Å². The van der Waals surface area contributed by atoms with Gasteiger partial charge in [0, 0.05) is 23.8 Å². The minimum atomic E-state index is -0.455. The molecule has 1 aromatic carbocycles. The van der Waals surface area contributed by atoms with Gasteiger partial charge in [0.1, 0.15) is 5.60 Å². The third-order valence-electron chi connectivity index (χ3n) is 2.18. The van der Waals surface area contributed by atoms with E-state index in [-0.39, 0.29) is 6.09 Å². The lowest BCUT2D eigenvalue weighted by atomic mass is 10.2. The molecule has 0 spiro atoms. The fraction of sp³-hybridized carbons (Fsp3) is 0.500. The van der Waals surface area contributed by atoms with Crippen molar-refractivity contribution in [1.29, 1.82) is 0 Å². The molecule has 0 atom stereocenters. The van der Waals surface area contributed by atoms with Crippen molar-refractivity contribution >= 4 is 23.4 Å². The quantitative estimate of drug-likeness (QED) is 0.811. The molecule has 0 saturated heterocycles. The second-order valence-electron chi connectivity index (χ2n) is 5.22. The van der Waals surface area contributed by atoms with E-state index in [2.05, 4.69) is 10.6 Å². The lowest BCUT2D eigenvalue weighted by Gasteiger charge is -2.19. The number of nitrogens with one attached hydrogen (secondary N) is 2. The smallest absolute Gasteiger partial charge is 0.407 e. The number of carbonyl (C=O) groups excluding carboxylic acids is 1. The SMILES string of the molecule is CC(C)(C)OC(=O)NCCCNc1cccc(Cl)c1. The third-order valence-corrected chi connectivity index (χ3v) is 2.41. The lowest BCUT2D eigenvalue weighted by Crippen LogP contribution is -2.33. The molecule has 0 aromatic heterocycles. The highest BCUT2D eigenvalue weighted by Gasteiger charge is 2.15. The van der Waals surface area contributed by atoms with Crippen LogP contribution in [0, 0.1) is 0 Å². The van der Waals surface area contributed by atoms with Gasteiger partial charge in [0.05, 0.1) is 0 Å². The molecule has 0 heterocycles. The summed E-state index contributed by atoms with van der Waals surface area (Å²) in [7, 11) is 0. The molecule has 0 aliphatic carbocycles. The van der Waals surface area contributed by atoms with Gasteiger partial charge in [0.15, 0.2) is 0 Å². The summed E-state index contributed by atoms with van der Waals surface area (Å²) in [5.41, 5.74) is 0.521. The van der Waals surface area contributed by atoms with Crippen molar-refractivity contribution in [2.75, 3.05) is 18.4 Å². The van der Waals surface area contributed by atoms with E-state index in [0.717, 1.165) is 18.7 Å². The lowest BCUT2D eigenvalue weighted by molar-refractivity contribution is 0.0528. The Kier molecular flexibility index (Phi) is 5.96. The second-order valence-corrected chi connectivity index (χ2v) is 5.66. The van der Waals surface area contributed by atoms with E-state index in [1.807, 2.05) is 45.0 Å². The molecule has 0 aliphatic heterocycles. The molecule has 0 radical (unpaired) electrons. The van der Waals surface area contributed by atoms with Crippen LogP contribution in [0.2, 0.25) is 5.02 Å². The minimum absolute atomic E-state index is 0.379. The zero-order valence-electron chi connectivity index (χ0n) is 11.6. The highest BCUT2D eigenvalue weighted by Crippen LogP contribution is 2.14. The summed E-state index contributed by atoms with van der Waals surface area (Å²) in [6.07, 6.45) is 0.432. The van der Waals surface area contributed by atoms with E-state index < -0.39 is 5.60 Å². The average Bonchev–Trinajstić information content (AvgIpc) is 2.26. The van der Waals surface area contributed by atoms with Crippen LogP contribution in [0.5, 0.6) is 0 Å². The monoisotopic (exact) mass is 284 g/mol. The summed E-state index contributed by atoms with van der Waals surface area (Å²) < 4.78 is 5.13. The maximum Gasteiger partial charge on any atom is 0.407 e. The molecule has 1 amide bonds. The molecule has 0 saturated carbocycles. The summed E-state index contributed by atoms with van der Waals surface area (Å²) in [4.78, 5) is 11.4. The van der Waals surface area contributed by atoms with E-state index >= 15 is 0 Å². The molecule has 0 aliphatic rings. The maximum absolute atomic E-state index is 11.4. The molecule has 4 nitrogen and oxygen atoms in total. The second kappa shape index (κ2) is 7.24. The zero-order valence-corrected chi connectivity index (χ0v) is 12.4. The van der Waals surface area contributed by atoms with Crippen LogP contribution in [0.1, 0.15) is 27.2 Å². The van der Waals surface area contributed by atoms with Crippen LogP contribution in [-0.4, -0.2) is 24.8 Å². The van der Waals surface area contributed by atoms with Crippen LogP contribution in [0.3, 0.4) is 0 Å². The summed E-state index contributed by atoms with van der Waals surface area (Å²) in [6, 6.07) is 7.54. The highest BCUT2D eigenvalue weighted by molar-refractivity contribution is 6.30. The normalized spacial score (nSPS) is 10.9. The maximum atomic E-state index is 11.4. The van der Waals surface area contributed by atoms with Crippen molar-refractivity contribution in [2.24, 2.45) is 0 Å². The van der Waals surface area contributed by atoms with Gasteiger partial charge in [-0.1, -0.05) is 17.7 Å². The predicted octanol–water partition coefficient (Wildman–Crippen LogP) is 3.67. The summed E-state index contributed by atoms with van der Waals surface area (Å²) >= 11 is 5.87. The van der Waals surface area contributed by atoms with Crippen LogP contribution in [0.15, 0.2) is 24.3 Å². The first kappa shape index (κ1) is 15.6. The predicted molar refractivity (Wildman–Crippen MR) is 78.8 cm³/mol. The number of halogens is 1. The van der Waals surface area contributed by atoms with Crippen molar-refractivity contribution in [3.05, 3.63) is 29.3 Å². The van der Waals surface area contributed by atoms with Crippen LogP contribution < -0.4 is 10.6 Å². The molecular weight excluding hydrogens is 264 g/mol. The van der Waals surface area contributed by atoms with Crippen molar-refractivity contribution < 1.29 is 9.53 Å². The van der Waals surface area contributed by atoms with Crippen LogP contribution in [0.4, 0.5) is 10.5 Å². The van der Waals surface area contributed by atoms with Crippen LogP contribution in [0.25, 0.3) is 0 Å². The number of amides is 1. The van der Waals surface area contributed by atoms with Gasteiger partial charge < -0.3 is 15.4 Å². The minimum Gasteiger partial charge on any atom is -0.444 e. The first-order valence-corrected chi connectivity index (χ1v) is 6.71. The summed E-state index contributed by atoms with van der Waals surface area (Å²) in [5, 5.41) is 6.65. The molecule has 1 aromatic rings. The Hall–Kier alpha value is -1.42. The Morgan fingerprint density at radius 2 is 2.05 bits per heavy atom. The first-order valence-electron chi connectivity index (χ1n) is 6.33. The van der Waals surface area contributed by atoms with E-state index in [9.17, 15) is 4.79 Å². The molecule has 2 N–H and O–H groups in total. The van der Waals surface area contributed by atoms with Crippen molar-refractivity contribution in [1.82, 2.24) is 5.32 Å². The van der Waals surface area contributed by atoms with Gasteiger partial charge >= 0.3 is 6.09 Å². The summed E-state index contributed by atoms with van der Waals surface area (Å²) in [5.74, 6) is 0. The van der Waals surface area contributed by atoms with Crippen LogP contribution in [-0.2, 0) is 4.74 Å². The standard InChI is InChI=1S/C14H21ClN2O2/c1-14(2,3)19-13(18)17-9-5-8-16-12-7-4-6-11(15)10-12/h4,6-7,10,16H,5,8-9H2,1-3H3,(H,17,18). The Morgan fingerprint density at radius 1 is 1.32 bits per heavy atom. The highest BCUT2D eigenvalue weighted by atomic mass is 35.5. The number of benzene rings is 1. The Labute approximate surface area is 119 Å². The molecular formula is C14H21ClN2O2. The average molecular weight is 285 g/mol. The van der Waals surface area contributed by atoms with E-state index in [0.29, 0.717) is 11.6 Å². The van der Waals surface area contributed by atoms with Gasteiger partial charge in [-0.25, -0.2) is 4.79 Å². The fourth-order valence-electron chi connectivity index (χ4n) is 1.42. The number of alkyl carbamates (subject to hydrolysis) is 1. The van der Waals surface area contributed by atoms with Crippen molar-refractivity contribution in [3.63, 3.8) is 0 Å². The molecule has 1 rings (SSSR count). The van der Waals surface area contributed by atoms with E-state index in [4.69, 9.17) is 16.3 Å². The number of carbonyl (C=O) groups is 1. The fourth-order valence-corrected chi connectivity index (χ4v) is 1.61. The molecule has 106 valence electrons. The van der Waals surface area contributed by atoms with Gasteiger partial charge in [0.25, 0.3) is 0 Å². The van der Waals surface area contributed by atoms with Gasteiger partial charge in [-0.3, -0.25) is 0 Å². The van der Waals surface area contributed by atoms with E-state index in [1.54, 1.807) is 0 Å². The topological polar surface area (TPSA) is 50.4 Å². The Balaban J connectivity index is 2.13. The van der Waals surface area contributed by atoms with Crippen molar-refractivity contribution in [3.8, 4) is 0 Å². The number of rotatable bonds is 5. The van der Waals surface area contributed by atoms with Gasteiger partial charge in [0.2, 0.25) is 0 Å². The third kappa shape index (κ3) is 7.57. The Morgan fingerprint density at radius 3 is 2.68 bits per heavy atom. The largest absolute Gasteiger partial charge is 0.444 e. The molecule has 0 bridgehead atoms. The number of ether oxygens (including phenoxy) is 1. The molecule has 0 unspecified atom stereocenters. The number of anilines is 1. The Bertz CT molecular complexity index is 416. The van der Waals surface area contributed by atoms with Gasteiger partial charge in [-0.05, 0) is 45.4 Å². The van der Waals surface area contributed by atoms with E-state index in [1.165, 1.54) is 0 Å². The number of hydrogen-bond acceptors (Lipinski definition) is 3. The first-order chi connectivity index (χ1) is 8.87. The van der Waals surface area contributed by atoms with Crippen LogP contribution >= 0.6 is 11.6 Å². The van der Waals surface area contributed by atoms with Gasteiger partial charge in [-0.15, -0.1) is 0 Å². The molecule has 5 heteroatoms. The van der Waals surface area contributed by atoms with Crippen molar-refractivity contribution in [2.45, 2.75) is 32.8 Å². The molecule has 0 fully saturated rings.